The van der Waals surface area contributed by atoms with Crippen LogP contribution in [0.3, 0.4) is 0 Å². The second-order valence-corrected chi connectivity index (χ2v) is 5.07. The fourth-order valence-electron chi connectivity index (χ4n) is 2.58. The molecular formula is C16H17FN2O. The van der Waals surface area contributed by atoms with E-state index in [1.54, 1.807) is 12.1 Å². The molecule has 0 saturated carbocycles. The number of nitrogens with two attached hydrogens (primary N) is 1. The quantitative estimate of drug-likeness (QED) is 0.664. The Bertz CT molecular complexity index is 615. The Balaban J connectivity index is 1.83. The first kappa shape index (κ1) is 13.2. The highest BCUT2D eigenvalue weighted by Crippen LogP contribution is 2.25. The molecule has 0 fully saturated rings. The Kier molecular flexibility index (Phi) is 3.78. The van der Waals surface area contributed by atoms with Crippen molar-refractivity contribution in [3.8, 4) is 0 Å². The Morgan fingerprint density at radius 1 is 1.15 bits per heavy atom. The van der Waals surface area contributed by atoms with Crippen LogP contribution in [-0.4, -0.2) is 0 Å². The predicted octanol–water partition coefficient (Wildman–Crippen LogP) is 2.60. The molecule has 3 N–H and O–H groups in total. The van der Waals surface area contributed by atoms with Crippen LogP contribution in [0.2, 0.25) is 0 Å². The highest BCUT2D eigenvalue weighted by molar-refractivity contribution is 5.35. The van der Waals surface area contributed by atoms with Crippen molar-refractivity contribution in [3.63, 3.8) is 0 Å². The Hall–Kier alpha value is -1.75. The molecule has 1 atom stereocenters. The molecule has 4 heteroatoms. The van der Waals surface area contributed by atoms with Gasteiger partial charge in [-0.15, -0.1) is 0 Å². The van der Waals surface area contributed by atoms with Crippen LogP contribution in [0.5, 0.6) is 0 Å². The second-order valence-electron chi connectivity index (χ2n) is 5.07. The maximum absolute atomic E-state index is 13.2. The number of halogens is 1. The van der Waals surface area contributed by atoms with Crippen molar-refractivity contribution in [1.82, 2.24) is 5.43 Å². The summed E-state index contributed by atoms with van der Waals surface area (Å²) < 4.78 is 18.7. The van der Waals surface area contributed by atoms with Crippen molar-refractivity contribution in [3.05, 3.63) is 70.5 Å². The largest absolute Gasteiger partial charge is 0.372 e. The Labute approximate surface area is 117 Å². The molecule has 0 radical (unpaired) electrons. The van der Waals surface area contributed by atoms with Gasteiger partial charge in [0.2, 0.25) is 0 Å². The van der Waals surface area contributed by atoms with Crippen molar-refractivity contribution in [1.29, 1.82) is 0 Å². The van der Waals surface area contributed by atoms with Crippen LogP contribution in [0.15, 0.2) is 42.5 Å². The van der Waals surface area contributed by atoms with Crippen LogP contribution in [-0.2, 0) is 24.4 Å². The molecule has 0 aliphatic carbocycles. The number of hydrogen-bond donors (Lipinski definition) is 2. The number of rotatable bonds is 4. The third-order valence-corrected chi connectivity index (χ3v) is 3.68. The first-order valence-electron chi connectivity index (χ1n) is 6.66. The number of hydrazine groups is 1. The average Bonchev–Trinajstić information content (AvgIpc) is 2.92. The predicted molar refractivity (Wildman–Crippen MR) is 75.1 cm³/mol. The first-order valence-corrected chi connectivity index (χ1v) is 6.66. The molecule has 1 heterocycles. The molecule has 104 valence electrons. The van der Waals surface area contributed by atoms with Gasteiger partial charge in [0.05, 0.1) is 13.2 Å². The maximum Gasteiger partial charge on any atom is 0.123 e. The monoisotopic (exact) mass is 272 g/mol. The van der Waals surface area contributed by atoms with E-state index >= 15 is 0 Å². The average molecular weight is 272 g/mol. The molecule has 1 unspecified atom stereocenters. The normalized spacial score (nSPS) is 15.1. The van der Waals surface area contributed by atoms with E-state index < -0.39 is 0 Å². The second kappa shape index (κ2) is 5.71. The number of ether oxygens (including phenoxy) is 1. The van der Waals surface area contributed by atoms with Gasteiger partial charge in [0.1, 0.15) is 5.82 Å². The first-order chi connectivity index (χ1) is 9.76. The number of fused-ring (bicyclic) bond motifs is 1. The lowest BCUT2D eigenvalue weighted by Gasteiger charge is -2.17. The number of nitrogens with one attached hydrogen (secondary N) is 1. The molecule has 0 bridgehead atoms. The van der Waals surface area contributed by atoms with Crippen molar-refractivity contribution in [2.45, 2.75) is 25.7 Å². The summed E-state index contributed by atoms with van der Waals surface area (Å²) in [6.07, 6.45) is 0.647. The minimum Gasteiger partial charge on any atom is -0.372 e. The van der Waals surface area contributed by atoms with Crippen LogP contribution in [0, 0.1) is 5.82 Å². The molecule has 0 aromatic heterocycles. The van der Waals surface area contributed by atoms with Crippen LogP contribution in [0.25, 0.3) is 0 Å². The topological polar surface area (TPSA) is 47.3 Å². The zero-order valence-corrected chi connectivity index (χ0v) is 11.1. The molecular weight excluding hydrogens is 255 g/mol. The smallest absolute Gasteiger partial charge is 0.123 e. The van der Waals surface area contributed by atoms with Crippen LogP contribution in [0.1, 0.15) is 28.3 Å². The van der Waals surface area contributed by atoms with E-state index in [1.165, 1.54) is 17.2 Å². The van der Waals surface area contributed by atoms with Gasteiger partial charge in [0, 0.05) is 6.04 Å². The van der Waals surface area contributed by atoms with Gasteiger partial charge >= 0.3 is 0 Å². The Morgan fingerprint density at radius 3 is 2.80 bits per heavy atom. The summed E-state index contributed by atoms with van der Waals surface area (Å²) >= 11 is 0. The van der Waals surface area contributed by atoms with Crippen LogP contribution < -0.4 is 11.3 Å². The molecule has 3 rings (SSSR count). The summed E-state index contributed by atoms with van der Waals surface area (Å²) in [4.78, 5) is 0. The van der Waals surface area contributed by atoms with E-state index in [4.69, 9.17) is 10.6 Å². The van der Waals surface area contributed by atoms with E-state index in [1.807, 2.05) is 6.07 Å². The molecule has 2 aromatic carbocycles. The number of benzene rings is 2. The summed E-state index contributed by atoms with van der Waals surface area (Å²) in [6.45, 7) is 1.33. The summed E-state index contributed by atoms with van der Waals surface area (Å²) in [5.41, 5.74) is 7.28. The van der Waals surface area contributed by atoms with E-state index in [0.29, 0.717) is 19.6 Å². The standard InChI is InChI=1S/C16H17FN2O/c17-15-3-1-2-11(6-15)7-16(19-18)12-4-5-13-9-20-10-14(13)8-12/h1-6,8,16,19H,7,9-10,18H2. The van der Waals surface area contributed by atoms with Gasteiger partial charge in [-0.1, -0.05) is 30.3 Å². The third-order valence-electron chi connectivity index (χ3n) is 3.68. The lowest BCUT2D eigenvalue weighted by atomic mass is 9.96. The third kappa shape index (κ3) is 2.72. The number of hydrogen-bond acceptors (Lipinski definition) is 3. The van der Waals surface area contributed by atoms with Crippen molar-refractivity contribution in [2.75, 3.05) is 0 Å². The fraction of sp³-hybridized carbons (Fsp3) is 0.250. The van der Waals surface area contributed by atoms with Crippen LogP contribution in [0.4, 0.5) is 4.39 Å². The summed E-state index contributed by atoms with van der Waals surface area (Å²) in [5, 5.41) is 0. The van der Waals surface area contributed by atoms with E-state index in [-0.39, 0.29) is 11.9 Å². The van der Waals surface area contributed by atoms with Gasteiger partial charge < -0.3 is 4.74 Å². The van der Waals surface area contributed by atoms with Gasteiger partial charge in [0.25, 0.3) is 0 Å². The van der Waals surface area contributed by atoms with Gasteiger partial charge in [-0.2, -0.15) is 0 Å². The summed E-state index contributed by atoms with van der Waals surface area (Å²) in [5.74, 6) is 5.44. The molecule has 20 heavy (non-hydrogen) atoms. The molecule has 3 nitrogen and oxygen atoms in total. The minimum absolute atomic E-state index is 0.0392. The SMILES string of the molecule is NNC(Cc1cccc(F)c1)c1ccc2c(c1)COC2. The van der Waals surface area contributed by atoms with Gasteiger partial charge in [0.15, 0.2) is 0 Å². The Morgan fingerprint density at radius 2 is 2.00 bits per heavy atom. The molecule has 0 saturated heterocycles. The van der Waals surface area contributed by atoms with E-state index in [2.05, 4.69) is 23.6 Å². The zero-order chi connectivity index (χ0) is 13.9. The molecule has 0 spiro atoms. The lowest BCUT2D eigenvalue weighted by molar-refractivity contribution is 0.134. The van der Waals surface area contributed by atoms with Crippen molar-refractivity contribution < 1.29 is 9.13 Å². The minimum atomic E-state index is -0.222. The lowest BCUT2D eigenvalue weighted by Crippen LogP contribution is -2.29. The molecule has 1 aliphatic rings. The van der Waals surface area contributed by atoms with Gasteiger partial charge in [-0.05, 0) is 40.8 Å². The maximum atomic E-state index is 13.2. The summed E-state index contributed by atoms with van der Waals surface area (Å²) in [6, 6.07) is 12.8. The van der Waals surface area contributed by atoms with Gasteiger partial charge in [-0.3, -0.25) is 11.3 Å². The van der Waals surface area contributed by atoms with E-state index in [0.717, 1.165) is 11.1 Å². The van der Waals surface area contributed by atoms with E-state index in [9.17, 15) is 4.39 Å². The van der Waals surface area contributed by atoms with Gasteiger partial charge in [-0.25, -0.2) is 4.39 Å². The summed E-state index contributed by atoms with van der Waals surface area (Å²) in [7, 11) is 0. The van der Waals surface area contributed by atoms with Crippen molar-refractivity contribution in [2.24, 2.45) is 5.84 Å². The molecule has 0 amide bonds. The molecule has 1 aliphatic heterocycles. The van der Waals surface area contributed by atoms with Crippen molar-refractivity contribution >= 4 is 0 Å². The van der Waals surface area contributed by atoms with Crippen LogP contribution >= 0.6 is 0 Å². The highest BCUT2D eigenvalue weighted by atomic mass is 19.1. The fourth-order valence-corrected chi connectivity index (χ4v) is 2.58. The zero-order valence-electron chi connectivity index (χ0n) is 11.1. The highest BCUT2D eigenvalue weighted by Gasteiger charge is 2.16. The molecule has 2 aromatic rings.